The van der Waals surface area contributed by atoms with Gasteiger partial charge in [0.15, 0.2) is 0 Å². The molecule has 1 heterocycles. The van der Waals surface area contributed by atoms with Crippen LogP contribution >= 0.6 is 0 Å². The Morgan fingerprint density at radius 3 is 2.62 bits per heavy atom. The first-order valence-corrected chi connectivity index (χ1v) is 9.27. The van der Waals surface area contributed by atoms with Gasteiger partial charge in [-0.25, -0.2) is 0 Å². The monoisotopic (exact) mass is 361 g/mol. The van der Waals surface area contributed by atoms with Gasteiger partial charge in [-0.2, -0.15) is 0 Å². The van der Waals surface area contributed by atoms with Gasteiger partial charge >= 0.3 is 0 Å². The van der Waals surface area contributed by atoms with E-state index in [-0.39, 0.29) is 11.8 Å². The number of hydrogen-bond donors (Lipinski definition) is 2. The van der Waals surface area contributed by atoms with Crippen LogP contribution in [0.3, 0.4) is 0 Å². The average molecular weight is 361 g/mol. The fraction of sp³-hybridized carbons (Fsp3) is 0.579. The van der Waals surface area contributed by atoms with E-state index in [4.69, 9.17) is 9.47 Å². The molecule has 0 bridgehead atoms. The van der Waals surface area contributed by atoms with Crippen LogP contribution in [0.2, 0.25) is 0 Å². The molecule has 2 amide bonds. The fourth-order valence-electron chi connectivity index (χ4n) is 3.10. The van der Waals surface area contributed by atoms with Crippen LogP contribution in [0.4, 0.5) is 5.69 Å². The van der Waals surface area contributed by atoms with Gasteiger partial charge in [0, 0.05) is 26.2 Å². The van der Waals surface area contributed by atoms with Crippen molar-refractivity contribution in [1.82, 2.24) is 10.2 Å². The normalized spacial score (nSPS) is 18.8. The van der Waals surface area contributed by atoms with E-state index in [0.717, 1.165) is 32.8 Å². The standard InChI is InChI=1S/C19H27N3O4/c1-2-26-16-6-4-3-5-15(16)21-18(24)19(7-8-19)17(23)20-9-10-22-11-13-25-14-12-22/h3-6H,2,7-14H2,1H3,(H,20,23)(H,21,24). The molecule has 1 aromatic carbocycles. The number of nitrogens with one attached hydrogen (secondary N) is 2. The fourth-order valence-corrected chi connectivity index (χ4v) is 3.10. The van der Waals surface area contributed by atoms with E-state index in [2.05, 4.69) is 15.5 Å². The Morgan fingerprint density at radius 2 is 1.92 bits per heavy atom. The van der Waals surface area contributed by atoms with Gasteiger partial charge in [0.25, 0.3) is 0 Å². The Morgan fingerprint density at radius 1 is 1.19 bits per heavy atom. The minimum Gasteiger partial charge on any atom is -0.492 e. The Hall–Kier alpha value is -2.12. The van der Waals surface area contributed by atoms with Crippen molar-refractivity contribution in [2.45, 2.75) is 19.8 Å². The molecule has 2 aliphatic rings. The molecule has 0 aromatic heterocycles. The second-order valence-corrected chi connectivity index (χ2v) is 6.68. The predicted octanol–water partition coefficient (Wildman–Crippen LogP) is 1.25. The number of rotatable bonds is 8. The van der Waals surface area contributed by atoms with Gasteiger partial charge in [-0.05, 0) is 31.9 Å². The molecule has 0 spiro atoms. The minimum atomic E-state index is -0.940. The summed E-state index contributed by atoms with van der Waals surface area (Å²) >= 11 is 0. The number of ether oxygens (including phenoxy) is 2. The lowest BCUT2D eigenvalue weighted by Crippen LogP contribution is -2.45. The second-order valence-electron chi connectivity index (χ2n) is 6.68. The smallest absolute Gasteiger partial charge is 0.240 e. The zero-order valence-electron chi connectivity index (χ0n) is 15.3. The molecule has 0 radical (unpaired) electrons. The number of morpholine rings is 1. The molecule has 0 atom stereocenters. The Balaban J connectivity index is 1.52. The van der Waals surface area contributed by atoms with Crippen molar-refractivity contribution in [2.24, 2.45) is 5.41 Å². The van der Waals surface area contributed by atoms with E-state index in [9.17, 15) is 9.59 Å². The maximum absolute atomic E-state index is 12.7. The van der Waals surface area contributed by atoms with Crippen LogP contribution < -0.4 is 15.4 Å². The Kier molecular flexibility index (Phi) is 6.11. The van der Waals surface area contributed by atoms with Crippen molar-refractivity contribution >= 4 is 17.5 Å². The molecule has 2 N–H and O–H groups in total. The third kappa shape index (κ3) is 4.34. The number of hydrogen-bond acceptors (Lipinski definition) is 5. The lowest BCUT2D eigenvalue weighted by molar-refractivity contribution is -0.134. The lowest BCUT2D eigenvalue weighted by atomic mass is 10.0. The zero-order chi connectivity index (χ0) is 18.4. The number of carbonyl (C=O) groups is 2. The van der Waals surface area contributed by atoms with E-state index < -0.39 is 5.41 Å². The molecule has 7 heteroatoms. The Labute approximate surface area is 154 Å². The van der Waals surface area contributed by atoms with Crippen LogP contribution in [0.1, 0.15) is 19.8 Å². The molecule has 0 unspecified atom stereocenters. The molecule has 1 saturated carbocycles. The number of amides is 2. The van der Waals surface area contributed by atoms with Gasteiger partial charge in [-0.1, -0.05) is 12.1 Å². The maximum atomic E-state index is 12.7. The highest BCUT2D eigenvalue weighted by Gasteiger charge is 2.56. The summed E-state index contributed by atoms with van der Waals surface area (Å²) in [6, 6.07) is 7.28. The SMILES string of the molecule is CCOc1ccccc1NC(=O)C1(C(=O)NCCN2CCOCC2)CC1. The molecule has 26 heavy (non-hydrogen) atoms. The molecule has 3 rings (SSSR count). The summed E-state index contributed by atoms with van der Waals surface area (Å²) in [7, 11) is 0. The van der Waals surface area contributed by atoms with E-state index in [1.54, 1.807) is 12.1 Å². The van der Waals surface area contributed by atoms with Crippen LogP contribution in [-0.2, 0) is 14.3 Å². The van der Waals surface area contributed by atoms with Crippen molar-refractivity contribution in [3.63, 3.8) is 0 Å². The third-order valence-electron chi connectivity index (χ3n) is 4.87. The average Bonchev–Trinajstić information content (AvgIpc) is 3.46. The number of nitrogens with zero attached hydrogens (tertiary/aromatic N) is 1. The van der Waals surface area contributed by atoms with Gasteiger partial charge in [-0.3, -0.25) is 14.5 Å². The highest BCUT2D eigenvalue weighted by atomic mass is 16.5. The van der Waals surface area contributed by atoms with Gasteiger partial charge < -0.3 is 20.1 Å². The summed E-state index contributed by atoms with van der Waals surface area (Å²) < 4.78 is 10.8. The number of benzene rings is 1. The first kappa shape index (κ1) is 18.7. The molecule has 1 aliphatic heterocycles. The molecule has 142 valence electrons. The molecule has 1 aliphatic carbocycles. The van der Waals surface area contributed by atoms with E-state index in [1.165, 1.54) is 0 Å². The highest BCUT2D eigenvalue weighted by Crippen LogP contribution is 2.47. The van der Waals surface area contributed by atoms with Gasteiger partial charge in [-0.15, -0.1) is 0 Å². The quantitative estimate of drug-likeness (QED) is 0.682. The summed E-state index contributed by atoms with van der Waals surface area (Å²) in [6.07, 6.45) is 1.16. The van der Waals surface area contributed by atoms with E-state index in [0.29, 0.717) is 37.4 Å². The number of carbonyl (C=O) groups excluding carboxylic acids is 2. The molecule has 7 nitrogen and oxygen atoms in total. The highest BCUT2D eigenvalue weighted by molar-refractivity contribution is 6.13. The summed E-state index contributed by atoms with van der Waals surface area (Å²) in [5.74, 6) is 0.178. The lowest BCUT2D eigenvalue weighted by Gasteiger charge is -2.26. The van der Waals surface area contributed by atoms with Crippen molar-refractivity contribution in [3.05, 3.63) is 24.3 Å². The summed E-state index contributed by atoms with van der Waals surface area (Å²) in [6.45, 7) is 6.97. The number of para-hydroxylation sites is 2. The van der Waals surface area contributed by atoms with E-state index in [1.807, 2.05) is 19.1 Å². The van der Waals surface area contributed by atoms with Crippen molar-refractivity contribution < 1.29 is 19.1 Å². The van der Waals surface area contributed by atoms with Gasteiger partial charge in [0.05, 0.1) is 25.5 Å². The second kappa shape index (κ2) is 8.51. The summed E-state index contributed by atoms with van der Waals surface area (Å²) in [4.78, 5) is 27.5. The predicted molar refractivity (Wildman–Crippen MR) is 98.2 cm³/mol. The summed E-state index contributed by atoms with van der Waals surface area (Å²) in [5, 5.41) is 5.79. The molecule has 2 fully saturated rings. The van der Waals surface area contributed by atoms with Crippen LogP contribution in [-0.4, -0.2) is 62.7 Å². The van der Waals surface area contributed by atoms with E-state index >= 15 is 0 Å². The molecular formula is C19H27N3O4. The topological polar surface area (TPSA) is 79.9 Å². The van der Waals surface area contributed by atoms with Gasteiger partial charge in [0.1, 0.15) is 11.2 Å². The largest absolute Gasteiger partial charge is 0.492 e. The first-order valence-electron chi connectivity index (χ1n) is 9.27. The Bertz CT molecular complexity index is 639. The first-order chi connectivity index (χ1) is 12.7. The van der Waals surface area contributed by atoms with Crippen molar-refractivity contribution in [3.8, 4) is 5.75 Å². The van der Waals surface area contributed by atoms with Crippen LogP contribution in [0.15, 0.2) is 24.3 Å². The van der Waals surface area contributed by atoms with Gasteiger partial charge in [0.2, 0.25) is 11.8 Å². The summed E-state index contributed by atoms with van der Waals surface area (Å²) in [5.41, 5.74) is -0.337. The molecule has 1 aromatic rings. The van der Waals surface area contributed by atoms with Crippen LogP contribution in [0, 0.1) is 5.41 Å². The number of anilines is 1. The van der Waals surface area contributed by atoms with Crippen molar-refractivity contribution in [2.75, 3.05) is 51.3 Å². The molecule has 1 saturated heterocycles. The maximum Gasteiger partial charge on any atom is 0.240 e. The third-order valence-corrected chi connectivity index (χ3v) is 4.87. The van der Waals surface area contributed by atoms with Crippen LogP contribution in [0.5, 0.6) is 5.75 Å². The zero-order valence-corrected chi connectivity index (χ0v) is 15.3. The minimum absolute atomic E-state index is 0.183. The molecular weight excluding hydrogens is 334 g/mol. The van der Waals surface area contributed by atoms with Crippen molar-refractivity contribution in [1.29, 1.82) is 0 Å². The van der Waals surface area contributed by atoms with Crippen LogP contribution in [0.25, 0.3) is 0 Å².